The summed E-state index contributed by atoms with van der Waals surface area (Å²) in [4.78, 5) is 0. The van der Waals surface area contributed by atoms with Gasteiger partial charge in [-0.2, -0.15) is 5.10 Å². The zero-order valence-corrected chi connectivity index (χ0v) is 13.0. The maximum absolute atomic E-state index is 5.64. The number of ether oxygens (including phenoxy) is 2. The molecule has 3 rings (SSSR count). The smallest absolute Gasteiger partial charge is 0.162 e. The van der Waals surface area contributed by atoms with Crippen molar-refractivity contribution in [2.24, 2.45) is 7.05 Å². The number of nitrogens with one attached hydrogen (secondary N) is 1. The second-order valence-electron chi connectivity index (χ2n) is 4.62. The third kappa shape index (κ3) is 2.29. The van der Waals surface area contributed by atoms with Gasteiger partial charge < -0.3 is 14.8 Å². The van der Waals surface area contributed by atoms with Crippen molar-refractivity contribution in [3.63, 3.8) is 0 Å². The Morgan fingerprint density at radius 3 is 2.80 bits per heavy atom. The molecule has 0 atom stereocenters. The van der Waals surface area contributed by atoms with Crippen molar-refractivity contribution in [3.05, 3.63) is 28.4 Å². The summed E-state index contributed by atoms with van der Waals surface area (Å²) >= 11 is 3.64. The van der Waals surface area contributed by atoms with Crippen LogP contribution in [-0.4, -0.2) is 30.0 Å². The normalized spacial score (nSPS) is 13.6. The minimum absolute atomic E-state index is 0.591. The van der Waals surface area contributed by atoms with E-state index in [1.165, 1.54) is 0 Å². The van der Waals surface area contributed by atoms with E-state index in [-0.39, 0.29) is 0 Å². The molecule has 2 heterocycles. The first kappa shape index (κ1) is 13.5. The number of halogens is 1. The van der Waals surface area contributed by atoms with Crippen molar-refractivity contribution < 1.29 is 9.47 Å². The van der Waals surface area contributed by atoms with Crippen LogP contribution in [0.2, 0.25) is 0 Å². The molecule has 1 aromatic carbocycles. The summed E-state index contributed by atoms with van der Waals surface area (Å²) in [5.74, 6) is 1.59. The van der Waals surface area contributed by atoms with E-state index in [0.29, 0.717) is 13.2 Å². The average Bonchev–Trinajstić information content (AvgIpc) is 2.73. The Morgan fingerprint density at radius 2 is 2.05 bits per heavy atom. The van der Waals surface area contributed by atoms with Crippen LogP contribution in [0.25, 0.3) is 11.3 Å². The lowest BCUT2D eigenvalue weighted by atomic mass is 10.1. The molecule has 106 valence electrons. The van der Waals surface area contributed by atoms with Crippen LogP contribution >= 0.6 is 15.9 Å². The van der Waals surface area contributed by atoms with Gasteiger partial charge in [0.05, 0.1) is 15.9 Å². The molecular formula is C14H16BrN3O2. The molecule has 2 aromatic rings. The lowest BCUT2D eigenvalue weighted by molar-refractivity contribution is 0.171. The average molecular weight is 338 g/mol. The van der Waals surface area contributed by atoms with Crippen molar-refractivity contribution in [3.8, 4) is 22.8 Å². The number of benzene rings is 1. The van der Waals surface area contributed by atoms with Crippen LogP contribution in [0.5, 0.6) is 11.5 Å². The van der Waals surface area contributed by atoms with Crippen molar-refractivity contribution >= 4 is 15.9 Å². The number of hydrogen-bond donors (Lipinski definition) is 1. The van der Waals surface area contributed by atoms with Crippen LogP contribution in [0.1, 0.15) is 5.69 Å². The van der Waals surface area contributed by atoms with Gasteiger partial charge in [0.1, 0.15) is 13.2 Å². The van der Waals surface area contributed by atoms with E-state index in [4.69, 9.17) is 9.47 Å². The first-order valence-corrected chi connectivity index (χ1v) is 7.26. The summed E-state index contributed by atoms with van der Waals surface area (Å²) in [5, 5.41) is 7.64. The van der Waals surface area contributed by atoms with Gasteiger partial charge in [0.2, 0.25) is 0 Å². The van der Waals surface area contributed by atoms with Gasteiger partial charge in [0.15, 0.2) is 11.5 Å². The van der Waals surface area contributed by atoms with Crippen LogP contribution < -0.4 is 14.8 Å². The van der Waals surface area contributed by atoms with Gasteiger partial charge in [0, 0.05) is 19.2 Å². The van der Waals surface area contributed by atoms with Gasteiger partial charge in [0.25, 0.3) is 0 Å². The molecule has 0 saturated carbocycles. The van der Waals surface area contributed by atoms with E-state index in [1.54, 1.807) is 0 Å². The van der Waals surface area contributed by atoms with Crippen LogP contribution in [0.15, 0.2) is 22.7 Å². The highest BCUT2D eigenvalue weighted by Gasteiger charge is 2.18. The number of aryl methyl sites for hydroxylation is 1. The first-order valence-electron chi connectivity index (χ1n) is 6.46. The molecule has 0 saturated heterocycles. The monoisotopic (exact) mass is 337 g/mol. The summed E-state index contributed by atoms with van der Waals surface area (Å²) in [7, 11) is 3.85. The third-order valence-electron chi connectivity index (χ3n) is 3.22. The molecule has 0 fully saturated rings. The number of rotatable bonds is 3. The summed E-state index contributed by atoms with van der Waals surface area (Å²) in [6, 6.07) is 5.97. The SMILES string of the molecule is CNCc1nn(C)c(-c2ccc3c(c2)OCCO3)c1Br. The Morgan fingerprint density at radius 1 is 1.30 bits per heavy atom. The number of nitrogens with zero attached hydrogens (tertiary/aromatic N) is 2. The number of hydrogen-bond acceptors (Lipinski definition) is 4. The maximum Gasteiger partial charge on any atom is 0.162 e. The van der Waals surface area contributed by atoms with Crippen molar-refractivity contribution in [2.75, 3.05) is 20.3 Å². The van der Waals surface area contributed by atoms with E-state index < -0.39 is 0 Å². The van der Waals surface area contributed by atoms with Gasteiger partial charge in [-0.25, -0.2) is 0 Å². The summed E-state index contributed by atoms with van der Waals surface area (Å²) < 4.78 is 14.1. The highest BCUT2D eigenvalue weighted by Crippen LogP contribution is 2.37. The maximum atomic E-state index is 5.64. The molecule has 1 aliphatic heterocycles. The zero-order chi connectivity index (χ0) is 14.1. The van der Waals surface area contributed by atoms with Crippen molar-refractivity contribution in [1.29, 1.82) is 0 Å². The molecule has 0 radical (unpaired) electrons. The second kappa shape index (κ2) is 5.46. The molecule has 0 spiro atoms. The highest BCUT2D eigenvalue weighted by atomic mass is 79.9. The fraction of sp³-hybridized carbons (Fsp3) is 0.357. The molecule has 1 aliphatic rings. The molecule has 0 unspecified atom stereocenters. The van der Waals surface area contributed by atoms with Gasteiger partial charge in [-0.3, -0.25) is 4.68 Å². The van der Waals surface area contributed by atoms with E-state index in [2.05, 4.69) is 26.3 Å². The molecule has 0 amide bonds. The number of aromatic nitrogens is 2. The predicted octanol–water partition coefficient (Wildman–Crippen LogP) is 2.34. The second-order valence-corrected chi connectivity index (χ2v) is 5.41. The fourth-order valence-corrected chi connectivity index (χ4v) is 3.04. The van der Waals surface area contributed by atoms with Crippen LogP contribution in [0.4, 0.5) is 0 Å². The van der Waals surface area contributed by atoms with Crippen LogP contribution in [0, 0.1) is 0 Å². The molecule has 1 aromatic heterocycles. The van der Waals surface area contributed by atoms with Gasteiger partial charge in [-0.15, -0.1) is 0 Å². The molecule has 6 heteroatoms. The highest BCUT2D eigenvalue weighted by molar-refractivity contribution is 9.10. The quantitative estimate of drug-likeness (QED) is 0.933. The Kier molecular flexibility index (Phi) is 3.67. The summed E-state index contributed by atoms with van der Waals surface area (Å²) in [6.45, 7) is 1.92. The van der Waals surface area contributed by atoms with E-state index in [0.717, 1.165) is 39.5 Å². The van der Waals surface area contributed by atoms with Crippen LogP contribution in [0.3, 0.4) is 0 Å². The van der Waals surface area contributed by atoms with E-state index in [9.17, 15) is 0 Å². The topological polar surface area (TPSA) is 48.3 Å². The fourth-order valence-electron chi connectivity index (χ4n) is 2.34. The Labute approximate surface area is 126 Å². The largest absolute Gasteiger partial charge is 0.486 e. The van der Waals surface area contributed by atoms with Gasteiger partial charge in [-0.05, 0) is 41.2 Å². The molecule has 1 N–H and O–H groups in total. The van der Waals surface area contributed by atoms with Crippen molar-refractivity contribution in [2.45, 2.75) is 6.54 Å². The third-order valence-corrected chi connectivity index (χ3v) is 4.05. The summed E-state index contributed by atoms with van der Waals surface area (Å²) in [5.41, 5.74) is 3.07. The minimum Gasteiger partial charge on any atom is -0.486 e. The zero-order valence-electron chi connectivity index (χ0n) is 11.4. The van der Waals surface area contributed by atoms with Gasteiger partial charge in [-0.1, -0.05) is 0 Å². The van der Waals surface area contributed by atoms with Crippen LogP contribution in [-0.2, 0) is 13.6 Å². The molecule has 20 heavy (non-hydrogen) atoms. The Bertz CT molecular complexity index is 640. The first-order chi connectivity index (χ1) is 9.70. The Hall–Kier alpha value is -1.53. The molecule has 0 bridgehead atoms. The minimum atomic E-state index is 0.591. The Balaban J connectivity index is 2.04. The van der Waals surface area contributed by atoms with E-state index >= 15 is 0 Å². The lowest BCUT2D eigenvalue weighted by Gasteiger charge is -2.19. The standard InChI is InChI=1S/C14H16BrN3O2/c1-16-8-10-13(15)14(18(2)17-10)9-3-4-11-12(7-9)20-6-5-19-11/h3-4,7,16H,5-6,8H2,1-2H3. The predicted molar refractivity (Wildman–Crippen MR) is 80.1 cm³/mol. The molecule has 5 nitrogen and oxygen atoms in total. The molecule has 0 aliphatic carbocycles. The lowest BCUT2D eigenvalue weighted by Crippen LogP contribution is -2.15. The van der Waals surface area contributed by atoms with Crippen molar-refractivity contribution in [1.82, 2.24) is 15.1 Å². The van der Waals surface area contributed by atoms with E-state index in [1.807, 2.05) is 37.0 Å². The summed E-state index contributed by atoms with van der Waals surface area (Å²) in [6.07, 6.45) is 0. The number of fused-ring (bicyclic) bond motifs is 1. The van der Waals surface area contributed by atoms with Gasteiger partial charge >= 0.3 is 0 Å². The molecular weight excluding hydrogens is 322 g/mol.